The van der Waals surface area contributed by atoms with Crippen molar-refractivity contribution in [3.05, 3.63) is 23.8 Å². The van der Waals surface area contributed by atoms with E-state index in [9.17, 15) is 4.79 Å². The van der Waals surface area contributed by atoms with E-state index in [0.29, 0.717) is 12.5 Å². The van der Waals surface area contributed by atoms with Gasteiger partial charge in [0.2, 0.25) is 5.91 Å². The number of amides is 1. The van der Waals surface area contributed by atoms with Crippen molar-refractivity contribution >= 4 is 18.3 Å². The van der Waals surface area contributed by atoms with Gasteiger partial charge in [-0.2, -0.15) is 0 Å². The molecule has 0 spiro atoms. The van der Waals surface area contributed by atoms with E-state index in [4.69, 9.17) is 9.47 Å². The van der Waals surface area contributed by atoms with Gasteiger partial charge in [-0.1, -0.05) is 13.0 Å². The van der Waals surface area contributed by atoms with Crippen LogP contribution in [0, 0.1) is 11.8 Å². The number of halogens is 1. The number of carbonyl (C=O) groups excluding carboxylic acids is 1. The highest BCUT2D eigenvalue weighted by Gasteiger charge is 2.28. The summed E-state index contributed by atoms with van der Waals surface area (Å²) >= 11 is 0. The number of rotatable bonds is 7. The minimum absolute atomic E-state index is 0. The Morgan fingerprint density at radius 3 is 2.55 bits per heavy atom. The smallest absolute Gasteiger partial charge is 0.223 e. The second-order valence-corrected chi connectivity index (χ2v) is 5.44. The van der Waals surface area contributed by atoms with E-state index in [0.717, 1.165) is 36.6 Å². The lowest BCUT2D eigenvalue weighted by molar-refractivity contribution is -0.126. The first-order valence-corrected chi connectivity index (χ1v) is 7.35. The number of hydrogen-bond acceptors (Lipinski definition) is 4. The zero-order valence-electron chi connectivity index (χ0n) is 13.3. The zero-order chi connectivity index (χ0) is 15.2. The molecule has 0 radical (unpaired) electrons. The van der Waals surface area contributed by atoms with Crippen molar-refractivity contribution in [2.75, 3.05) is 33.9 Å². The Kier molecular flexibility index (Phi) is 7.48. The topological polar surface area (TPSA) is 59.6 Å². The number of nitrogens with one attached hydrogen (secondary N) is 2. The fraction of sp³-hybridized carbons (Fsp3) is 0.562. The Labute approximate surface area is 138 Å². The highest BCUT2D eigenvalue weighted by molar-refractivity contribution is 5.85. The van der Waals surface area contributed by atoms with E-state index in [2.05, 4.69) is 10.6 Å². The van der Waals surface area contributed by atoms with Crippen LogP contribution in [-0.2, 0) is 11.2 Å². The molecular weight excluding hydrogens is 304 g/mol. The summed E-state index contributed by atoms with van der Waals surface area (Å²) in [5, 5.41) is 6.20. The molecule has 1 aliphatic heterocycles. The molecule has 1 unspecified atom stereocenters. The summed E-state index contributed by atoms with van der Waals surface area (Å²) in [6, 6.07) is 5.83. The number of carbonyl (C=O) groups is 1. The van der Waals surface area contributed by atoms with E-state index in [-0.39, 0.29) is 24.2 Å². The highest BCUT2D eigenvalue weighted by Crippen LogP contribution is 2.27. The van der Waals surface area contributed by atoms with E-state index in [1.165, 1.54) is 0 Å². The lowest BCUT2D eigenvalue weighted by Crippen LogP contribution is -2.49. The number of hydrogen-bond donors (Lipinski definition) is 2. The average molecular weight is 329 g/mol. The zero-order valence-corrected chi connectivity index (χ0v) is 14.2. The van der Waals surface area contributed by atoms with Crippen molar-refractivity contribution < 1.29 is 14.3 Å². The fourth-order valence-electron chi connectivity index (χ4n) is 2.41. The molecule has 1 fully saturated rings. The maximum atomic E-state index is 12.0. The molecule has 0 aromatic heterocycles. The molecule has 6 heteroatoms. The van der Waals surface area contributed by atoms with E-state index in [1.54, 1.807) is 14.2 Å². The minimum atomic E-state index is 0. The van der Waals surface area contributed by atoms with Gasteiger partial charge >= 0.3 is 0 Å². The predicted molar refractivity (Wildman–Crippen MR) is 89.0 cm³/mol. The third kappa shape index (κ3) is 4.52. The molecule has 1 amide bonds. The van der Waals surface area contributed by atoms with Crippen LogP contribution >= 0.6 is 12.4 Å². The standard InChI is InChI=1S/C16H24N2O3.ClH/c1-11(13-9-17-10-13)16(19)18-7-6-12-4-5-14(20-2)15(8-12)21-3;/h4-5,8,11,13,17H,6-7,9-10H2,1-3H3,(H,18,19);1H. The minimum Gasteiger partial charge on any atom is -0.493 e. The first-order valence-electron chi connectivity index (χ1n) is 7.35. The van der Waals surface area contributed by atoms with Crippen LogP contribution in [0.1, 0.15) is 12.5 Å². The molecule has 2 rings (SSSR count). The monoisotopic (exact) mass is 328 g/mol. The first-order chi connectivity index (χ1) is 10.2. The molecule has 0 bridgehead atoms. The molecule has 1 aromatic rings. The second-order valence-electron chi connectivity index (χ2n) is 5.44. The van der Waals surface area contributed by atoms with Gasteiger partial charge in [-0.05, 0) is 43.1 Å². The third-order valence-corrected chi connectivity index (χ3v) is 4.09. The van der Waals surface area contributed by atoms with Gasteiger partial charge in [0.25, 0.3) is 0 Å². The number of benzene rings is 1. The van der Waals surface area contributed by atoms with Gasteiger partial charge in [0.15, 0.2) is 11.5 Å². The normalized spacial score (nSPS) is 15.2. The van der Waals surface area contributed by atoms with Crippen molar-refractivity contribution in [1.29, 1.82) is 0 Å². The maximum absolute atomic E-state index is 12.0. The molecule has 2 N–H and O–H groups in total. The SMILES string of the molecule is COc1ccc(CCNC(=O)C(C)C2CNC2)cc1OC.Cl. The van der Waals surface area contributed by atoms with Gasteiger partial charge in [0.1, 0.15) is 0 Å². The van der Waals surface area contributed by atoms with Crippen LogP contribution in [-0.4, -0.2) is 39.8 Å². The van der Waals surface area contributed by atoms with Crippen LogP contribution in [0.15, 0.2) is 18.2 Å². The van der Waals surface area contributed by atoms with E-state index >= 15 is 0 Å². The van der Waals surface area contributed by atoms with Crippen LogP contribution in [0.2, 0.25) is 0 Å². The average Bonchev–Trinajstić information content (AvgIpc) is 2.45. The number of methoxy groups -OCH3 is 2. The summed E-state index contributed by atoms with van der Waals surface area (Å²) in [6.07, 6.45) is 0.779. The van der Waals surface area contributed by atoms with Crippen molar-refractivity contribution in [3.63, 3.8) is 0 Å². The lowest BCUT2D eigenvalue weighted by Gasteiger charge is -2.31. The van der Waals surface area contributed by atoms with Gasteiger partial charge in [0, 0.05) is 12.5 Å². The molecule has 5 nitrogen and oxygen atoms in total. The van der Waals surface area contributed by atoms with Gasteiger partial charge in [0.05, 0.1) is 14.2 Å². The highest BCUT2D eigenvalue weighted by atomic mass is 35.5. The van der Waals surface area contributed by atoms with Gasteiger partial charge in [-0.25, -0.2) is 0 Å². The molecule has 1 aliphatic rings. The summed E-state index contributed by atoms with van der Waals surface area (Å²) in [7, 11) is 3.24. The summed E-state index contributed by atoms with van der Waals surface area (Å²) in [6.45, 7) is 4.53. The number of ether oxygens (including phenoxy) is 2. The molecule has 124 valence electrons. The van der Waals surface area contributed by atoms with Crippen molar-refractivity contribution in [3.8, 4) is 11.5 Å². The molecule has 0 saturated carbocycles. The molecule has 0 aliphatic carbocycles. The van der Waals surface area contributed by atoms with Crippen molar-refractivity contribution in [1.82, 2.24) is 10.6 Å². The van der Waals surface area contributed by atoms with Crippen LogP contribution < -0.4 is 20.1 Å². The van der Waals surface area contributed by atoms with Crippen LogP contribution in [0.25, 0.3) is 0 Å². The first kappa shape index (κ1) is 18.6. The molecule has 1 saturated heterocycles. The summed E-state index contributed by atoms with van der Waals surface area (Å²) in [5.74, 6) is 2.14. The van der Waals surface area contributed by atoms with Crippen molar-refractivity contribution in [2.45, 2.75) is 13.3 Å². The second kappa shape index (κ2) is 8.86. The maximum Gasteiger partial charge on any atom is 0.223 e. The Bertz CT molecular complexity index is 492. The molecule has 1 heterocycles. The summed E-state index contributed by atoms with van der Waals surface area (Å²) < 4.78 is 10.5. The van der Waals surface area contributed by atoms with E-state index < -0.39 is 0 Å². The van der Waals surface area contributed by atoms with Gasteiger partial charge in [-0.3, -0.25) is 4.79 Å². The van der Waals surface area contributed by atoms with Gasteiger partial charge < -0.3 is 20.1 Å². The largest absolute Gasteiger partial charge is 0.493 e. The molecule has 1 aromatic carbocycles. The Hall–Kier alpha value is -1.46. The van der Waals surface area contributed by atoms with Crippen molar-refractivity contribution in [2.24, 2.45) is 11.8 Å². The predicted octanol–water partition coefficient (Wildman–Crippen LogP) is 1.64. The third-order valence-electron chi connectivity index (χ3n) is 4.09. The quantitative estimate of drug-likeness (QED) is 0.799. The summed E-state index contributed by atoms with van der Waals surface area (Å²) in [4.78, 5) is 12.0. The molecule has 22 heavy (non-hydrogen) atoms. The Morgan fingerprint density at radius 1 is 1.32 bits per heavy atom. The summed E-state index contributed by atoms with van der Waals surface area (Å²) in [5.41, 5.74) is 1.12. The van der Waals surface area contributed by atoms with Crippen LogP contribution in [0.5, 0.6) is 11.5 Å². The molecule has 1 atom stereocenters. The van der Waals surface area contributed by atoms with Crippen LogP contribution in [0.3, 0.4) is 0 Å². The molecular formula is C16H25ClN2O3. The Morgan fingerprint density at radius 2 is 2.00 bits per heavy atom. The Balaban J connectivity index is 0.00000242. The van der Waals surface area contributed by atoms with E-state index in [1.807, 2.05) is 25.1 Å². The lowest BCUT2D eigenvalue weighted by atomic mass is 9.88. The van der Waals surface area contributed by atoms with Gasteiger partial charge in [-0.15, -0.1) is 12.4 Å². The fourth-order valence-corrected chi connectivity index (χ4v) is 2.41. The van der Waals surface area contributed by atoms with Crippen LogP contribution in [0.4, 0.5) is 0 Å².